The topological polar surface area (TPSA) is 77.1 Å². The van der Waals surface area contributed by atoms with Crippen molar-refractivity contribution in [1.82, 2.24) is 20.0 Å². The van der Waals surface area contributed by atoms with Crippen LogP contribution in [0.15, 0.2) is 59.1 Å². The third-order valence-corrected chi connectivity index (χ3v) is 4.76. The van der Waals surface area contributed by atoms with Crippen LogP contribution in [-0.4, -0.2) is 25.9 Å². The smallest absolute Gasteiger partial charge is 0.314 e. The van der Waals surface area contributed by atoms with Crippen molar-refractivity contribution in [3.8, 4) is 17.1 Å². The second kappa shape index (κ2) is 6.83. The molecule has 0 atom stereocenters. The van der Waals surface area contributed by atoms with Gasteiger partial charge in [-0.15, -0.1) is 10.2 Å². The Bertz CT molecular complexity index is 1250. The summed E-state index contributed by atoms with van der Waals surface area (Å²) in [6.07, 6.45) is -1.32. The lowest BCUT2D eigenvalue weighted by molar-refractivity contribution is 0.0995. The van der Waals surface area contributed by atoms with Gasteiger partial charge in [-0.3, -0.25) is 9.69 Å². The first kappa shape index (κ1) is 18.1. The fourth-order valence-electron chi connectivity index (χ4n) is 3.34. The first-order valence-corrected chi connectivity index (χ1v) is 8.88. The largest absolute Gasteiger partial charge is 0.415 e. The maximum Gasteiger partial charge on any atom is 0.314 e. The van der Waals surface area contributed by atoms with Crippen LogP contribution in [0.1, 0.15) is 28.2 Å². The molecule has 0 bridgehead atoms. The molecule has 7 nitrogen and oxygen atoms in total. The van der Waals surface area contributed by atoms with Crippen LogP contribution in [0.4, 0.5) is 19.0 Å². The molecule has 10 heteroatoms. The van der Waals surface area contributed by atoms with E-state index in [1.165, 1.54) is 21.7 Å². The standard InChI is InChI=1S/C20H12F3N5O2/c21-13-3-5-14(6-4-13)28-16(7-8-24-28)27-10-12-2-1-11(9-15(12)20(27)29)18-25-26-19(30-18)17(22)23/h1-9,17H,10H2. The quantitative estimate of drug-likeness (QED) is 0.504. The third-order valence-electron chi connectivity index (χ3n) is 4.76. The average molecular weight is 411 g/mol. The maximum atomic E-state index is 13.2. The second-order valence-electron chi connectivity index (χ2n) is 6.59. The van der Waals surface area contributed by atoms with E-state index in [0.717, 1.165) is 5.56 Å². The van der Waals surface area contributed by atoms with E-state index in [1.54, 1.807) is 42.6 Å². The summed E-state index contributed by atoms with van der Waals surface area (Å²) in [5.41, 5.74) is 2.13. The van der Waals surface area contributed by atoms with Gasteiger partial charge in [-0.25, -0.2) is 9.07 Å². The predicted molar refractivity (Wildman–Crippen MR) is 98.7 cm³/mol. The molecule has 1 aliphatic rings. The molecule has 1 amide bonds. The Morgan fingerprint density at radius 1 is 1.03 bits per heavy atom. The normalized spacial score (nSPS) is 13.3. The Balaban J connectivity index is 1.48. The van der Waals surface area contributed by atoms with Crippen molar-refractivity contribution in [2.45, 2.75) is 13.0 Å². The zero-order chi connectivity index (χ0) is 20.8. The van der Waals surface area contributed by atoms with E-state index in [2.05, 4.69) is 15.3 Å². The van der Waals surface area contributed by atoms with Crippen molar-refractivity contribution < 1.29 is 22.4 Å². The first-order chi connectivity index (χ1) is 14.5. The molecule has 0 spiro atoms. The number of aromatic nitrogens is 4. The number of fused-ring (bicyclic) bond motifs is 1. The molecule has 4 aromatic rings. The highest BCUT2D eigenvalue weighted by Crippen LogP contribution is 2.32. The molecule has 0 aliphatic carbocycles. The Morgan fingerprint density at radius 2 is 1.83 bits per heavy atom. The molecular weight excluding hydrogens is 399 g/mol. The summed E-state index contributed by atoms with van der Waals surface area (Å²) in [5.74, 6) is -1.01. The highest BCUT2D eigenvalue weighted by Gasteiger charge is 2.31. The molecule has 0 unspecified atom stereocenters. The van der Waals surface area contributed by atoms with Crippen LogP contribution in [0.3, 0.4) is 0 Å². The molecule has 0 radical (unpaired) electrons. The number of alkyl halides is 2. The van der Waals surface area contributed by atoms with Gasteiger partial charge in [0.2, 0.25) is 5.89 Å². The Hall–Kier alpha value is -3.95. The molecule has 1 aliphatic heterocycles. The van der Waals surface area contributed by atoms with Gasteiger partial charge in [0.25, 0.3) is 11.8 Å². The Morgan fingerprint density at radius 3 is 2.57 bits per heavy atom. The van der Waals surface area contributed by atoms with Crippen LogP contribution in [0, 0.1) is 5.82 Å². The highest BCUT2D eigenvalue weighted by atomic mass is 19.3. The maximum absolute atomic E-state index is 13.2. The second-order valence-corrected chi connectivity index (χ2v) is 6.59. The van der Waals surface area contributed by atoms with Crippen LogP contribution in [0.5, 0.6) is 0 Å². The van der Waals surface area contributed by atoms with E-state index in [9.17, 15) is 18.0 Å². The van der Waals surface area contributed by atoms with Gasteiger partial charge in [-0.05, 0) is 42.0 Å². The summed E-state index contributed by atoms with van der Waals surface area (Å²) in [7, 11) is 0. The molecule has 5 rings (SSSR count). The summed E-state index contributed by atoms with van der Waals surface area (Å²) in [6, 6.07) is 12.3. The van der Waals surface area contributed by atoms with Gasteiger partial charge in [0.15, 0.2) is 0 Å². The lowest BCUT2D eigenvalue weighted by atomic mass is 10.1. The van der Waals surface area contributed by atoms with Crippen LogP contribution in [-0.2, 0) is 6.54 Å². The molecule has 30 heavy (non-hydrogen) atoms. The predicted octanol–water partition coefficient (Wildman–Crippen LogP) is 4.16. The van der Waals surface area contributed by atoms with Gasteiger partial charge >= 0.3 is 6.43 Å². The number of amides is 1. The van der Waals surface area contributed by atoms with E-state index in [1.807, 2.05) is 0 Å². The van der Waals surface area contributed by atoms with Crippen molar-refractivity contribution in [2.24, 2.45) is 0 Å². The average Bonchev–Trinajstić information content (AvgIpc) is 3.47. The number of carbonyl (C=O) groups excluding carboxylic acids is 1. The van der Waals surface area contributed by atoms with Crippen LogP contribution < -0.4 is 4.90 Å². The molecular formula is C20H12F3N5O2. The summed E-state index contributed by atoms with van der Waals surface area (Å²) < 4.78 is 45.1. The Kier molecular flexibility index (Phi) is 4.12. The number of hydrogen-bond acceptors (Lipinski definition) is 5. The van der Waals surface area contributed by atoms with E-state index in [4.69, 9.17) is 4.42 Å². The van der Waals surface area contributed by atoms with Gasteiger partial charge in [0.05, 0.1) is 18.4 Å². The number of halogens is 3. The molecule has 2 aromatic heterocycles. The lowest BCUT2D eigenvalue weighted by Gasteiger charge is -2.17. The minimum atomic E-state index is -2.87. The number of nitrogens with zero attached hydrogens (tertiary/aromatic N) is 5. The van der Waals surface area contributed by atoms with Gasteiger partial charge in [0.1, 0.15) is 11.6 Å². The number of hydrogen-bond donors (Lipinski definition) is 0. The number of anilines is 1. The van der Waals surface area contributed by atoms with Crippen molar-refractivity contribution in [3.05, 3.63) is 77.6 Å². The Labute approximate surface area is 167 Å². The van der Waals surface area contributed by atoms with Crippen molar-refractivity contribution in [2.75, 3.05) is 4.90 Å². The minimum absolute atomic E-state index is 0.0873. The van der Waals surface area contributed by atoms with E-state index in [-0.39, 0.29) is 17.6 Å². The van der Waals surface area contributed by atoms with Crippen LogP contribution in [0.25, 0.3) is 17.1 Å². The van der Waals surface area contributed by atoms with Gasteiger partial charge in [-0.2, -0.15) is 13.9 Å². The highest BCUT2D eigenvalue weighted by molar-refractivity contribution is 6.10. The van der Waals surface area contributed by atoms with Crippen molar-refractivity contribution in [1.29, 1.82) is 0 Å². The lowest BCUT2D eigenvalue weighted by Crippen LogP contribution is -2.25. The van der Waals surface area contributed by atoms with Gasteiger partial charge in [0, 0.05) is 17.2 Å². The monoisotopic (exact) mass is 411 g/mol. The van der Waals surface area contributed by atoms with E-state index >= 15 is 0 Å². The zero-order valence-corrected chi connectivity index (χ0v) is 15.2. The van der Waals surface area contributed by atoms with Gasteiger partial charge < -0.3 is 4.42 Å². The molecule has 3 heterocycles. The third kappa shape index (κ3) is 2.93. The fourth-order valence-corrected chi connectivity index (χ4v) is 3.34. The molecule has 2 aromatic carbocycles. The summed E-state index contributed by atoms with van der Waals surface area (Å²) >= 11 is 0. The molecule has 0 fully saturated rings. The molecule has 0 saturated carbocycles. The summed E-state index contributed by atoms with van der Waals surface area (Å²) in [6.45, 7) is 0.299. The van der Waals surface area contributed by atoms with Gasteiger partial charge in [-0.1, -0.05) is 6.07 Å². The number of rotatable bonds is 4. The molecule has 150 valence electrons. The van der Waals surface area contributed by atoms with Crippen LogP contribution >= 0.6 is 0 Å². The minimum Gasteiger partial charge on any atom is -0.415 e. The molecule has 0 N–H and O–H groups in total. The zero-order valence-electron chi connectivity index (χ0n) is 15.2. The molecule has 0 saturated heterocycles. The summed E-state index contributed by atoms with van der Waals surface area (Å²) in [5, 5.41) is 11.2. The van der Waals surface area contributed by atoms with Crippen molar-refractivity contribution in [3.63, 3.8) is 0 Å². The van der Waals surface area contributed by atoms with E-state index < -0.39 is 12.3 Å². The van der Waals surface area contributed by atoms with Crippen molar-refractivity contribution >= 4 is 11.7 Å². The first-order valence-electron chi connectivity index (χ1n) is 8.88. The number of benzene rings is 2. The SMILES string of the molecule is O=C1c2cc(-c3nnc(C(F)F)o3)ccc2CN1c1ccnn1-c1ccc(F)cc1. The fraction of sp³-hybridized carbons (Fsp3) is 0.100. The van der Waals surface area contributed by atoms with E-state index in [0.29, 0.717) is 29.2 Å². The van der Waals surface area contributed by atoms with Crippen LogP contribution in [0.2, 0.25) is 0 Å². The summed E-state index contributed by atoms with van der Waals surface area (Å²) in [4.78, 5) is 14.6. The number of carbonyl (C=O) groups is 1.